The van der Waals surface area contributed by atoms with E-state index >= 15 is 0 Å². The fourth-order valence-corrected chi connectivity index (χ4v) is 4.64. The standard InChI is InChI=1S/C24H31BrClN3O4S/c1-16-20(26)8-7-9-21(16)29(34(6,32)33)15-22(30)28(14-18-10-12-19(25)13-11-18)17(2)23(31)27-24(3,4)5/h7-13,17H,14-15H2,1-6H3,(H,27,31). The van der Waals surface area contributed by atoms with Crippen LogP contribution in [0, 0.1) is 6.92 Å². The third-order valence-corrected chi connectivity index (χ3v) is 7.18. The molecule has 0 aliphatic carbocycles. The summed E-state index contributed by atoms with van der Waals surface area (Å²) in [5.41, 5.74) is 1.17. The third-order valence-electron chi connectivity index (χ3n) is 5.12. The van der Waals surface area contributed by atoms with Crippen LogP contribution in [0.4, 0.5) is 5.69 Å². The highest BCUT2D eigenvalue weighted by molar-refractivity contribution is 9.10. The number of hydrogen-bond donors (Lipinski definition) is 1. The van der Waals surface area contributed by atoms with E-state index in [1.807, 2.05) is 45.0 Å². The summed E-state index contributed by atoms with van der Waals surface area (Å²) in [6, 6.07) is 11.4. The normalized spacial score (nSPS) is 12.7. The van der Waals surface area contributed by atoms with Crippen molar-refractivity contribution in [2.24, 2.45) is 0 Å². The minimum absolute atomic E-state index is 0.136. The predicted octanol–water partition coefficient (Wildman–Crippen LogP) is 4.51. The monoisotopic (exact) mass is 571 g/mol. The smallest absolute Gasteiger partial charge is 0.244 e. The zero-order valence-corrected chi connectivity index (χ0v) is 23.4. The van der Waals surface area contributed by atoms with E-state index in [9.17, 15) is 18.0 Å². The first kappa shape index (κ1) is 28.1. The minimum Gasteiger partial charge on any atom is -0.350 e. The van der Waals surface area contributed by atoms with Crippen LogP contribution in [-0.2, 0) is 26.2 Å². The Labute approximate surface area is 215 Å². The molecule has 186 valence electrons. The fourth-order valence-electron chi connectivity index (χ4n) is 3.30. The highest BCUT2D eigenvalue weighted by atomic mass is 79.9. The molecular formula is C24H31BrClN3O4S. The van der Waals surface area contributed by atoms with Crippen molar-refractivity contribution >= 4 is 55.1 Å². The van der Waals surface area contributed by atoms with Crippen LogP contribution in [0.25, 0.3) is 0 Å². The molecule has 0 saturated carbocycles. The number of nitrogens with zero attached hydrogens (tertiary/aromatic N) is 2. The lowest BCUT2D eigenvalue weighted by Gasteiger charge is -2.33. The first-order valence-electron chi connectivity index (χ1n) is 10.7. The number of hydrogen-bond acceptors (Lipinski definition) is 4. The first-order chi connectivity index (χ1) is 15.6. The molecule has 0 spiro atoms. The maximum atomic E-state index is 13.6. The molecule has 1 N–H and O–H groups in total. The van der Waals surface area contributed by atoms with Gasteiger partial charge in [0.25, 0.3) is 0 Å². The van der Waals surface area contributed by atoms with E-state index in [2.05, 4.69) is 21.2 Å². The molecule has 0 bridgehead atoms. The van der Waals surface area contributed by atoms with Crippen molar-refractivity contribution in [1.82, 2.24) is 10.2 Å². The summed E-state index contributed by atoms with van der Waals surface area (Å²) in [4.78, 5) is 27.9. The molecule has 1 unspecified atom stereocenters. The summed E-state index contributed by atoms with van der Waals surface area (Å²) in [5, 5.41) is 3.28. The van der Waals surface area contributed by atoms with Crippen molar-refractivity contribution in [2.45, 2.75) is 52.7 Å². The molecule has 0 aliphatic heterocycles. The highest BCUT2D eigenvalue weighted by Crippen LogP contribution is 2.28. The molecule has 10 heteroatoms. The summed E-state index contributed by atoms with van der Waals surface area (Å²) in [6.07, 6.45) is 1.04. The molecule has 0 aromatic heterocycles. The van der Waals surface area contributed by atoms with Crippen molar-refractivity contribution in [3.05, 3.63) is 63.1 Å². The van der Waals surface area contributed by atoms with Gasteiger partial charge in [-0.1, -0.05) is 45.7 Å². The van der Waals surface area contributed by atoms with E-state index in [0.29, 0.717) is 16.3 Å². The average molecular weight is 573 g/mol. The van der Waals surface area contributed by atoms with Crippen molar-refractivity contribution < 1.29 is 18.0 Å². The Hall–Kier alpha value is -2.10. The molecule has 0 saturated heterocycles. The van der Waals surface area contributed by atoms with Crippen LogP contribution >= 0.6 is 27.5 Å². The number of anilines is 1. The molecule has 0 aliphatic rings. The number of nitrogens with one attached hydrogen (secondary N) is 1. The summed E-state index contributed by atoms with van der Waals surface area (Å²) in [5.74, 6) is -0.841. The molecule has 7 nitrogen and oxygen atoms in total. The topological polar surface area (TPSA) is 86.8 Å². The summed E-state index contributed by atoms with van der Waals surface area (Å²) < 4.78 is 27.2. The van der Waals surface area contributed by atoms with Crippen LogP contribution in [0.1, 0.15) is 38.8 Å². The Morgan fingerprint density at radius 3 is 2.24 bits per heavy atom. The van der Waals surface area contributed by atoms with Gasteiger partial charge in [0.05, 0.1) is 11.9 Å². The van der Waals surface area contributed by atoms with Gasteiger partial charge in [-0.05, 0) is 70.0 Å². The Kier molecular flexibility index (Phi) is 9.18. The maximum Gasteiger partial charge on any atom is 0.244 e. The van der Waals surface area contributed by atoms with Crippen LogP contribution in [0.15, 0.2) is 46.9 Å². The molecule has 34 heavy (non-hydrogen) atoms. The predicted molar refractivity (Wildman–Crippen MR) is 140 cm³/mol. The lowest BCUT2D eigenvalue weighted by molar-refractivity contribution is -0.140. The van der Waals surface area contributed by atoms with Gasteiger partial charge in [0.15, 0.2) is 0 Å². The molecule has 2 rings (SSSR count). The van der Waals surface area contributed by atoms with Crippen molar-refractivity contribution in [2.75, 3.05) is 17.1 Å². The molecule has 2 amide bonds. The lowest BCUT2D eigenvalue weighted by Crippen LogP contribution is -2.54. The number of rotatable bonds is 8. The Morgan fingerprint density at radius 1 is 1.12 bits per heavy atom. The van der Waals surface area contributed by atoms with Gasteiger partial charge in [-0.2, -0.15) is 0 Å². The van der Waals surface area contributed by atoms with Gasteiger partial charge < -0.3 is 10.2 Å². The quantitative estimate of drug-likeness (QED) is 0.504. The molecule has 0 fully saturated rings. The summed E-state index contributed by atoms with van der Waals surface area (Å²) >= 11 is 9.60. The molecule has 2 aromatic rings. The van der Waals surface area contributed by atoms with Crippen LogP contribution in [0.5, 0.6) is 0 Å². The summed E-state index contributed by atoms with van der Waals surface area (Å²) in [7, 11) is -3.82. The van der Waals surface area contributed by atoms with Crippen LogP contribution < -0.4 is 9.62 Å². The summed E-state index contributed by atoms with van der Waals surface area (Å²) in [6.45, 7) is 8.55. The second-order valence-corrected chi connectivity index (χ2v) is 12.4. The van der Waals surface area contributed by atoms with Gasteiger partial charge in [0.1, 0.15) is 12.6 Å². The van der Waals surface area contributed by atoms with E-state index in [4.69, 9.17) is 11.6 Å². The van der Waals surface area contributed by atoms with E-state index < -0.39 is 34.1 Å². The molecule has 1 atom stereocenters. The average Bonchev–Trinajstić information content (AvgIpc) is 2.71. The van der Waals surface area contributed by atoms with E-state index in [-0.39, 0.29) is 12.5 Å². The zero-order valence-electron chi connectivity index (χ0n) is 20.2. The van der Waals surface area contributed by atoms with Crippen LogP contribution in [-0.4, -0.2) is 49.5 Å². The number of benzene rings is 2. The van der Waals surface area contributed by atoms with Gasteiger partial charge in [-0.25, -0.2) is 8.42 Å². The van der Waals surface area contributed by atoms with Gasteiger partial charge in [0, 0.05) is 21.6 Å². The van der Waals surface area contributed by atoms with Gasteiger partial charge in [-0.3, -0.25) is 13.9 Å². The van der Waals surface area contributed by atoms with Crippen molar-refractivity contribution in [3.8, 4) is 0 Å². The number of halogens is 2. The third kappa shape index (κ3) is 7.71. The van der Waals surface area contributed by atoms with E-state index in [1.165, 1.54) is 4.90 Å². The van der Waals surface area contributed by atoms with Gasteiger partial charge in [-0.15, -0.1) is 0 Å². The number of sulfonamides is 1. The van der Waals surface area contributed by atoms with Crippen molar-refractivity contribution in [1.29, 1.82) is 0 Å². The molecule has 0 heterocycles. The first-order valence-corrected chi connectivity index (χ1v) is 13.7. The van der Waals surface area contributed by atoms with Crippen LogP contribution in [0.3, 0.4) is 0 Å². The Bertz CT molecular complexity index is 1150. The fraction of sp³-hybridized carbons (Fsp3) is 0.417. The molecular weight excluding hydrogens is 542 g/mol. The SMILES string of the molecule is Cc1c(Cl)cccc1N(CC(=O)N(Cc1ccc(Br)cc1)C(C)C(=O)NC(C)(C)C)S(C)(=O)=O. The maximum absolute atomic E-state index is 13.6. The lowest BCUT2D eigenvalue weighted by atomic mass is 10.1. The largest absolute Gasteiger partial charge is 0.350 e. The Morgan fingerprint density at radius 2 is 1.71 bits per heavy atom. The van der Waals surface area contributed by atoms with Crippen LogP contribution in [0.2, 0.25) is 5.02 Å². The van der Waals surface area contributed by atoms with Crippen molar-refractivity contribution in [3.63, 3.8) is 0 Å². The molecule has 2 aromatic carbocycles. The Balaban J connectivity index is 2.44. The second-order valence-electron chi connectivity index (χ2n) is 9.22. The minimum atomic E-state index is -3.82. The number of amides is 2. The van der Waals surface area contributed by atoms with E-state index in [0.717, 1.165) is 20.6 Å². The number of carbonyl (C=O) groups is 2. The van der Waals surface area contributed by atoms with Gasteiger partial charge >= 0.3 is 0 Å². The van der Waals surface area contributed by atoms with Gasteiger partial charge in [0.2, 0.25) is 21.8 Å². The highest BCUT2D eigenvalue weighted by Gasteiger charge is 2.31. The second kappa shape index (κ2) is 11.1. The number of carbonyl (C=O) groups excluding carboxylic acids is 2. The van der Waals surface area contributed by atoms with E-state index in [1.54, 1.807) is 32.0 Å². The zero-order chi connectivity index (χ0) is 25.8. The molecule has 0 radical (unpaired) electrons.